The van der Waals surface area contributed by atoms with Gasteiger partial charge in [0.1, 0.15) is 0 Å². The molecular weight excluding hydrogens is 612 g/mol. The SMILES string of the molecule is CC.CC.CC.O=C(CBr)c1ccc(-c2ccc(-c3ccc(C(=O)CBr)cc3)c3c2CC2(CCCC2)C3)cc1. The van der Waals surface area contributed by atoms with Crippen LogP contribution >= 0.6 is 31.9 Å². The van der Waals surface area contributed by atoms with E-state index in [0.717, 1.165) is 24.0 Å². The third-order valence-electron chi connectivity index (χ3n) is 7.48. The van der Waals surface area contributed by atoms with Crippen LogP contribution in [-0.4, -0.2) is 22.2 Å². The Balaban J connectivity index is 0.000000833. The van der Waals surface area contributed by atoms with E-state index in [9.17, 15) is 9.59 Å². The lowest BCUT2D eigenvalue weighted by molar-refractivity contribution is 0.101. The fourth-order valence-electron chi connectivity index (χ4n) is 5.75. The number of benzene rings is 3. The average molecular weight is 657 g/mol. The van der Waals surface area contributed by atoms with Gasteiger partial charge in [-0.15, -0.1) is 0 Å². The number of ketones is 2. The fourth-order valence-corrected chi connectivity index (χ4v) is 6.40. The molecule has 0 aromatic heterocycles. The molecule has 1 spiro atoms. The molecule has 210 valence electrons. The molecule has 0 bridgehead atoms. The zero-order valence-corrected chi connectivity index (χ0v) is 27.7. The molecule has 0 atom stereocenters. The van der Waals surface area contributed by atoms with Gasteiger partial charge in [-0.25, -0.2) is 0 Å². The Morgan fingerprint density at radius 1 is 0.590 bits per heavy atom. The summed E-state index contributed by atoms with van der Waals surface area (Å²) < 4.78 is 0. The average Bonchev–Trinajstić information content (AvgIpc) is 3.65. The molecule has 3 aromatic rings. The maximum Gasteiger partial charge on any atom is 0.173 e. The Morgan fingerprint density at radius 3 is 1.23 bits per heavy atom. The van der Waals surface area contributed by atoms with Gasteiger partial charge in [0.15, 0.2) is 11.6 Å². The van der Waals surface area contributed by atoms with Crippen LogP contribution in [-0.2, 0) is 12.8 Å². The molecule has 0 aliphatic heterocycles. The van der Waals surface area contributed by atoms with Crippen molar-refractivity contribution in [1.29, 1.82) is 0 Å². The number of halogens is 2. The highest BCUT2D eigenvalue weighted by molar-refractivity contribution is 9.09. The van der Waals surface area contributed by atoms with Crippen molar-refractivity contribution in [2.24, 2.45) is 5.41 Å². The zero-order chi connectivity index (χ0) is 29.0. The van der Waals surface area contributed by atoms with Gasteiger partial charge >= 0.3 is 0 Å². The molecular formula is C35H44Br2O2. The van der Waals surface area contributed by atoms with Gasteiger partial charge in [-0.3, -0.25) is 9.59 Å². The van der Waals surface area contributed by atoms with Crippen LogP contribution < -0.4 is 0 Å². The van der Waals surface area contributed by atoms with Crippen molar-refractivity contribution in [1.82, 2.24) is 0 Å². The summed E-state index contributed by atoms with van der Waals surface area (Å²) in [5.41, 5.74) is 9.76. The predicted molar refractivity (Wildman–Crippen MR) is 176 cm³/mol. The molecule has 0 amide bonds. The monoisotopic (exact) mass is 654 g/mol. The molecule has 39 heavy (non-hydrogen) atoms. The van der Waals surface area contributed by atoms with E-state index in [-0.39, 0.29) is 11.6 Å². The second kappa shape index (κ2) is 16.3. The van der Waals surface area contributed by atoms with Crippen LogP contribution in [0.15, 0.2) is 60.7 Å². The molecule has 0 radical (unpaired) electrons. The molecule has 0 heterocycles. The van der Waals surface area contributed by atoms with Crippen molar-refractivity contribution >= 4 is 43.4 Å². The minimum atomic E-state index is 0.105. The topological polar surface area (TPSA) is 34.1 Å². The molecule has 5 rings (SSSR count). The minimum Gasteiger partial charge on any atom is -0.293 e. The number of carbonyl (C=O) groups is 2. The van der Waals surface area contributed by atoms with E-state index in [1.807, 2.05) is 65.8 Å². The highest BCUT2D eigenvalue weighted by Crippen LogP contribution is 2.53. The van der Waals surface area contributed by atoms with Gasteiger partial charge in [0, 0.05) is 11.1 Å². The molecule has 4 heteroatoms. The number of alkyl halides is 2. The van der Waals surface area contributed by atoms with Gasteiger partial charge in [-0.2, -0.15) is 0 Å². The normalized spacial score (nSPS) is 14.2. The van der Waals surface area contributed by atoms with Gasteiger partial charge in [0.25, 0.3) is 0 Å². The maximum atomic E-state index is 12.0. The third kappa shape index (κ3) is 7.58. The zero-order valence-electron chi connectivity index (χ0n) is 24.5. The van der Waals surface area contributed by atoms with Crippen LogP contribution in [0.25, 0.3) is 22.3 Å². The van der Waals surface area contributed by atoms with Crippen LogP contribution in [0.1, 0.15) is 99.1 Å². The molecule has 0 saturated heterocycles. The summed E-state index contributed by atoms with van der Waals surface area (Å²) in [6.45, 7) is 12.0. The molecule has 0 N–H and O–H groups in total. The first-order valence-corrected chi connectivity index (χ1v) is 16.8. The number of rotatable bonds is 6. The first kappa shape index (κ1) is 33.2. The lowest BCUT2D eigenvalue weighted by atomic mass is 9.82. The smallest absolute Gasteiger partial charge is 0.173 e. The van der Waals surface area contributed by atoms with E-state index < -0.39 is 0 Å². The molecule has 2 aliphatic carbocycles. The number of Topliss-reactive ketones (excluding diaryl/α,β-unsaturated/α-hetero) is 2. The summed E-state index contributed by atoms with van der Waals surface area (Å²) in [5, 5.41) is 0.692. The van der Waals surface area contributed by atoms with Crippen LogP contribution in [0.5, 0.6) is 0 Å². The molecule has 1 saturated carbocycles. The van der Waals surface area contributed by atoms with Crippen LogP contribution in [0.2, 0.25) is 0 Å². The Bertz CT molecular complexity index is 1110. The molecule has 2 aliphatic rings. The summed E-state index contributed by atoms with van der Waals surface area (Å²) in [6, 6.07) is 20.6. The Hall–Kier alpha value is -2.04. The largest absolute Gasteiger partial charge is 0.293 e. The van der Waals surface area contributed by atoms with Gasteiger partial charge in [-0.1, -0.05) is 147 Å². The summed E-state index contributed by atoms with van der Waals surface area (Å²) >= 11 is 6.53. The first-order chi connectivity index (χ1) is 19.0. The van der Waals surface area contributed by atoms with Crippen molar-refractivity contribution in [2.45, 2.75) is 80.1 Å². The first-order valence-electron chi connectivity index (χ1n) is 14.6. The van der Waals surface area contributed by atoms with Gasteiger partial charge in [0.2, 0.25) is 0 Å². The van der Waals surface area contributed by atoms with Gasteiger partial charge < -0.3 is 0 Å². The lowest BCUT2D eigenvalue weighted by Crippen LogP contribution is -2.15. The van der Waals surface area contributed by atoms with Crippen molar-refractivity contribution < 1.29 is 9.59 Å². The van der Waals surface area contributed by atoms with E-state index in [2.05, 4.69) is 68.3 Å². The maximum absolute atomic E-state index is 12.0. The fraction of sp³-hybridized carbons (Fsp3) is 0.429. The van der Waals surface area contributed by atoms with Crippen molar-refractivity contribution in [3.8, 4) is 22.3 Å². The highest BCUT2D eigenvalue weighted by atomic mass is 79.9. The predicted octanol–water partition coefficient (Wildman–Crippen LogP) is 10.9. The summed E-state index contributed by atoms with van der Waals surface area (Å²) in [7, 11) is 0. The van der Waals surface area contributed by atoms with Crippen LogP contribution in [0.3, 0.4) is 0 Å². The number of carbonyl (C=O) groups excluding carboxylic acids is 2. The quantitative estimate of drug-likeness (QED) is 0.196. The van der Waals surface area contributed by atoms with Gasteiger partial charge in [-0.05, 0) is 64.5 Å². The summed E-state index contributed by atoms with van der Waals surface area (Å²) in [6.07, 6.45) is 7.52. The van der Waals surface area contributed by atoms with E-state index in [1.54, 1.807) is 0 Å². The van der Waals surface area contributed by atoms with Crippen LogP contribution in [0.4, 0.5) is 0 Å². The Kier molecular flexibility index (Phi) is 13.8. The van der Waals surface area contributed by atoms with Crippen molar-refractivity contribution in [3.63, 3.8) is 0 Å². The van der Waals surface area contributed by atoms with E-state index >= 15 is 0 Å². The molecule has 3 aromatic carbocycles. The number of hydrogen-bond donors (Lipinski definition) is 0. The summed E-state index contributed by atoms with van der Waals surface area (Å²) in [4.78, 5) is 24.1. The Morgan fingerprint density at radius 2 is 0.923 bits per heavy atom. The summed E-state index contributed by atoms with van der Waals surface area (Å²) in [5.74, 6) is 0.211. The second-order valence-electron chi connectivity index (χ2n) is 9.45. The number of hydrogen-bond acceptors (Lipinski definition) is 2. The van der Waals surface area contributed by atoms with Crippen molar-refractivity contribution in [2.75, 3.05) is 10.7 Å². The number of fused-ring (bicyclic) bond motifs is 1. The molecule has 0 unspecified atom stereocenters. The standard InChI is InChI=1S/C29H26Br2O2.3C2H6/c30-17-27(32)21-7-3-19(4-8-21)23-11-12-24(20-5-9-22(10-6-20)28(33)18-31)26-16-29(15-25(23)26)13-1-2-14-29;3*1-2/h3-12H,1-2,13-18H2;3*1-2H3. The Labute approximate surface area is 253 Å². The second-order valence-corrected chi connectivity index (χ2v) is 10.6. The van der Waals surface area contributed by atoms with Gasteiger partial charge in [0.05, 0.1) is 10.7 Å². The third-order valence-corrected chi connectivity index (χ3v) is 8.50. The minimum absolute atomic E-state index is 0.105. The lowest BCUT2D eigenvalue weighted by Gasteiger charge is -2.22. The van der Waals surface area contributed by atoms with Crippen LogP contribution in [0, 0.1) is 5.41 Å². The highest BCUT2D eigenvalue weighted by Gasteiger charge is 2.41. The molecule has 1 fully saturated rings. The van der Waals surface area contributed by atoms with Crippen molar-refractivity contribution in [3.05, 3.63) is 82.9 Å². The van der Waals surface area contributed by atoms with E-state index in [1.165, 1.54) is 59.1 Å². The van der Waals surface area contributed by atoms with E-state index in [4.69, 9.17) is 0 Å². The molecule has 2 nitrogen and oxygen atoms in total. The van der Waals surface area contributed by atoms with E-state index in [0.29, 0.717) is 16.1 Å².